The molecule has 1 rings (SSSR count). The van der Waals surface area contributed by atoms with Crippen LogP contribution in [0.3, 0.4) is 0 Å². The highest BCUT2D eigenvalue weighted by molar-refractivity contribution is 6.63. The Labute approximate surface area is 94.3 Å². The summed E-state index contributed by atoms with van der Waals surface area (Å²) in [5.41, 5.74) is 0.861. The van der Waals surface area contributed by atoms with Crippen molar-refractivity contribution < 1.29 is 9.18 Å². The van der Waals surface area contributed by atoms with Crippen molar-refractivity contribution in [3.05, 3.63) is 35.6 Å². The van der Waals surface area contributed by atoms with Crippen molar-refractivity contribution in [1.82, 2.24) is 0 Å². The zero-order valence-corrected chi connectivity index (χ0v) is 9.64. The number of hydrogen-bond acceptors (Lipinski definition) is 1. The zero-order chi connectivity index (χ0) is 11.5. The maximum Gasteiger partial charge on any atom is 0.221 e. The standard InChI is InChI=1S/C12H14ClFO/c1-12(2,8-7-11(13)15)9-3-5-10(14)6-4-9/h3-6H,7-8H2,1-2H3. The van der Waals surface area contributed by atoms with Crippen LogP contribution < -0.4 is 0 Å². The molecule has 1 nitrogen and oxygen atoms in total. The summed E-state index contributed by atoms with van der Waals surface area (Å²) >= 11 is 5.30. The molecule has 0 amide bonds. The van der Waals surface area contributed by atoms with E-state index in [9.17, 15) is 9.18 Å². The molecule has 82 valence electrons. The van der Waals surface area contributed by atoms with Gasteiger partial charge in [0.25, 0.3) is 0 Å². The van der Waals surface area contributed by atoms with Crippen LogP contribution in [0.2, 0.25) is 0 Å². The molecule has 1 aromatic rings. The van der Waals surface area contributed by atoms with Gasteiger partial charge in [0.2, 0.25) is 5.24 Å². The molecule has 3 heteroatoms. The molecular formula is C12H14ClFO. The average Bonchev–Trinajstić information content (AvgIpc) is 2.16. The fraction of sp³-hybridized carbons (Fsp3) is 0.417. The minimum atomic E-state index is -0.329. The van der Waals surface area contributed by atoms with E-state index in [2.05, 4.69) is 0 Å². The van der Waals surface area contributed by atoms with Crippen molar-refractivity contribution in [3.8, 4) is 0 Å². The van der Waals surface area contributed by atoms with Crippen molar-refractivity contribution in [2.75, 3.05) is 0 Å². The maximum absolute atomic E-state index is 12.7. The molecule has 0 unspecified atom stereocenters. The van der Waals surface area contributed by atoms with E-state index in [-0.39, 0.29) is 16.5 Å². The van der Waals surface area contributed by atoms with E-state index in [1.54, 1.807) is 12.1 Å². The molecule has 0 N–H and O–H groups in total. The summed E-state index contributed by atoms with van der Waals surface area (Å²) in [4.78, 5) is 10.7. The van der Waals surface area contributed by atoms with Gasteiger partial charge in [0.15, 0.2) is 0 Å². The Balaban J connectivity index is 2.76. The predicted octanol–water partition coefficient (Wildman–Crippen LogP) is 3.65. The normalized spacial score (nSPS) is 11.5. The second-order valence-electron chi connectivity index (χ2n) is 4.25. The Morgan fingerprint density at radius 3 is 2.33 bits per heavy atom. The second-order valence-corrected chi connectivity index (χ2v) is 4.67. The van der Waals surface area contributed by atoms with Gasteiger partial charge in [-0.25, -0.2) is 4.39 Å². The van der Waals surface area contributed by atoms with Crippen LogP contribution in [0.1, 0.15) is 32.3 Å². The number of benzene rings is 1. The summed E-state index contributed by atoms with van der Waals surface area (Å²) in [5, 5.41) is -0.329. The smallest absolute Gasteiger partial charge is 0.221 e. The van der Waals surface area contributed by atoms with Gasteiger partial charge in [0, 0.05) is 6.42 Å². The van der Waals surface area contributed by atoms with Crippen molar-refractivity contribution in [1.29, 1.82) is 0 Å². The van der Waals surface area contributed by atoms with Crippen molar-refractivity contribution >= 4 is 16.8 Å². The Bertz CT molecular complexity index is 343. The third kappa shape index (κ3) is 3.63. The van der Waals surface area contributed by atoms with Crippen LogP contribution >= 0.6 is 11.6 Å². The van der Waals surface area contributed by atoms with Crippen LogP contribution in [0.25, 0.3) is 0 Å². The number of rotatable bonds is 4. The molecule has 0 atom stereocenters. The van der Waals surface area contributed by atoms with E-state index in [0.29, 0.717) is 12.8 Å². The van der Waals surface area contributed by atoms with E-state index in [1.807, 2.05) is 13.8 Å². The molecule has 0 bridgehead atoms. The molecule has 0 saturated heterocycles. The average molecular weight is 229 g/mol. The lowest BCUT2D eigenvalue weighted by atomic mass is 9.81. The summed E-state index contributed by atoms with van der Waals surface area (Å²) in [6.45, 7) is 4.03. The number of carbonyl (C=O) groups is 1. The summed E-state index contributed by atoms with van der Waals surface area (Å²) in [7, 11) is 0. The van der Waals surface area contributed by atoms with E-state index in [0.717, 1.165) is 5.56 Å². The molecule has 15 heavy (non-hydrogen) atoms. The van der Waals surface area contributed by atoms with E-state index < -0.39 is 0 Å². The van der Waals surface area contributed by atoms with Gasteiger partial charge >= 0.3 is 0 Å². The lowest BCUT2D eigenvalue weighted by Crippen LogP contribution is -2.17. The van der Waals surface area contributed by atoms with Gasteiger partial charge in [-0.15, -0.1) is 0 Å². The molecule has 0 spiro atoms. The minimum absolute atomic E-state index is 0.155. The van der Waals surface area contributed by atoms with Gasteiger partial charge in [0.1, 0.15) is 5.82 Å². The quantitative estimate of drug-likeness (QED) is 0.719. The summed E-state index contributed by atoms with van der Waals surface area (Å²) in [6, 6.07) is 6.35. The Morgan fingerprint density at radius 2 is 1.87 bits per heavy atom. The van der Waals surface area contributed by atoms with E-state index >= 15 is 0 Å². The molecule has 0 fully saturated rings. The highest BCUT2D eigenvalue weighted by Crippen LogP contribution is 2.28. The van der Waals surface area contributed by atoms with Gasteiger partial charge < -0.3 is 0 Å². The minimum Gasteiger partial charge on any atom is -0.281 e. The van der Waals surface area contributed by atoms with E-state index in [1.165, 1.54) is 12.1 Å². The topological polar surface area (TPSA) is 17.1 Å². The Morgan fingerprint density at radius 1 is 1.33 bits per heavy atom. The first-order valence-corrected chi connectivity index (χ1v) is 5.24. The molecule has 0 aliphatic heterocycles. The number of hydrogen-bond donors (Lipinski definition) is 0. The molecule has 0 heterocycles. The van der Waals surface area contributed by atoms with Crippen molar-refractivity contribution in [3.63, 3.8) is 0 Å². The second kappa shape index (κ2) is 4.75. The van der Waals surface area contributed by atoms with Gasteiger partial charge in [-0.2, -0.15) is 0 Å². The lowest BCUT2D eigenvalue weighted by molar-refractivity contribution is -0.112. The van der Waals surface area contributed by atoms with Crippen LogP contribution in [0.4, 0.5) is 4.39 Å². The van der Waals surface area contributed by atoms with Crippen LogP contribution in [0.15, 0.2) is 24.3 Å². The maximum atomic E-state index is 12.7. The molecule has 0 aromatic heterocycles. The predicted molar refractivity (Wildman–Crippen MR) is 59.5 cm³/mol. The molecule has 0 radical (unpaired) electrons. The van der Waals surface area contributed by atoms with Gasteiger partial charge in [-0.05, 0) is 41.1 Å². The van der Waals surface area contributed by atoms with Crippen LogP contribution in [-0.2, 0) is 10.2 Å². The largest absolute Gasteiger partial charge is 0.281 e. The van der Waals surface area contributed by atoms with E-state index in [4.69, 9.17) is 11.6 Å². The Kier molecular flexibility index (Phi) is 3.86. The lowest BCUT2D eigenvalue weighted by Gasteiger charge is -2.24. The third-order valence-electron chi connectivity index (χ3n) is 2.57. The third-order valence-corrected chi connectivity index (χ3v) is 2.76. The van der Waals surface area contributed by atoms with Gasteiger partial charge in [0.05, 0.1) is 0 Å². The first-order valence-electron chi connectivity index (χ1n) is 4.86. The summed E-state index contributed by atoms with van der Waals surface area (Å²) in [5.74, 6) is -0.247. The van der Waals surface area contributed by atoms with Gasteiger partial charge in [-0.1, -0.05) is 26.0 Å². The molecule has 0 aliphatic rings. The zero-order valence-electron chi connectivity index (χ0n) is 8.89. The number of carbonyl (C=O) groups excluding carboxylic acids is 1. The fourth-order valence-corrected chi connectivity index (χ4v) is 1.55. The number of halogens is 2. The van der Waals surface area contributed by atoms with Gasteiger partial charge in [-0.3, -0.25) is 4.79 Å². The Hall–Kier alpha value is -0.890. The summed E-state index contributed by atoms with van der Waals surface area (Å²) in [6.07, 6.45) is 1.01. The van der Waals surface area contributed by atoms with Crippen LogP contribution in [-0.4, -0.2) is 5.24 Å². The van der Waals surface area contributed by atoms with Crippen molar-refractivity contribution in [2.24, 2.45) is 0 Å². The molecule has 1 aromatic carbocycles. The van der Waals surface area contributed by atoms with Crippen LogP contribution in [0, 0.1) is 5.82 Å². The van der Waals surface area contributed by atoms with Crippen LogP contribution in [0.5, 0.6) is 0 Å². The molecular weight excluding hydrogens is 215 g/mol. The first kappa shape index (κ1) is 12.2. The first-order chi connectivity index (χ1) is 6.92. The highest BCUT2D eigenvalue weighted by atomic mass is 35.5. The fourth-order valence-electron chi connectivity index (χ4n) is 1.46. The van der Waals surface area contributed by atoms with Crippen molar-refractivity contribution in [2.45, 2.75) is 32.1 Å². The highest BCUT2D eigenvalue weighted by Gasteiger charge is 2.21. The summed E-state index contributed by atoms with van der Waals surface area (Å²) < 4.78 is 12.7. The molecule has 0 aliphatic carbocycles. The monoisotopic (exact) mass is 228 g/mol. The SMILES string of the molecule is CC(C)(CCC(=O)Cl)c1ccc(F)cc1. The molecule has 0 saturated carbocycles.